The van der Waals surface area contributed by atoms with Gasteiger partial charge in [-0.05, 0) is 13.8 Å². The van der Waals surface area contributed by atoms with Crippen LogP contribution in [0.15, 0.2) is 0 Å². The molecule has 0 aromatic heterocycles. The van der Waals surface area contributed by atoms with Crippen molar-refractivity contribution in [1.29, 1.82) is 0 Å². The molecular weight excluding hydrogens is 156 g/mol. The van der Waals surface area contributed by atoms with Crippen molar-refractivity contribution in [3.63, 3.8) is 0 Å². The lowest BCUT2D eigenvalue weighted by molar-refractivity contribution is -0.270. The van der Waals surface area contributed by atoms with Crippen molar-refractivity contribution < 1.29 is 14.2 Å². The molecule has 0 saturated carbocycles. The molecule has 0 amide bonds. The van der Waals surface area contributed by atoms with Crippen LogP contribution in [0.1, 0.15) is 26.7 Å². The van der Waals surface area contributed by atoms with Crippen molar-refractivity contribution in [3.05, 3.63) is 0 Å². The molecule has 0 aliphatic carbocycles. The Morgan fingerprint density at radius 3 is 2.25 bits per heavy atom. The summed E-state index contributed by atoms with van der Waals surface area (Å²) in [5, 5.41) is 0. The van der Waals surface area contributed by atoms with Gasteiger partial charge in [-0.15, -0.1) is 0 Å². The van der Waals surface area contributed by atoms with E-state index in [0.717, 1.165) is 26.1 Å². The molecule has 1 saturated heterocycles. The molecule has 0 unspecified atom stereocenters. The summed E-state index contributed by atoms with van der Waals surface area (Å²) in [6.07, 6.45) is 1.88. The van der Waals surface area contributed by atoms with Crippen molar-refractivity contribution in [1.82, 2.24) is 0 Å². The molecule has 1 fully saturated rings. The van der Waals surface area contributed by atoms with Gasteiger partial charge in [0.1, 0.15) is 0 Å². The van der Waals surface area contributed by atoms with Crippen molar-refractivity contribution in [3.8, 4) is 0 Å². The van der Waals surface area contributed by atoms with Gasteiger partial charge in [-0.1, -0.05) is 0 Å². The Hall–Kier alpha value is -0.120. The quantitative estimate of drug-likeness (QED) is 0.608. The van der Waals surface area contributed by atoms with E-state index in [2.05, 4.69) is 0 Å². The van der Waals surface area contributed by atoms with Gasteiger partial charge in [-0.3, -0.25) is 0 Å². The van der Waals surface area contributed by atoms with Crippen LogP contribution in [0.3, 0.4) is 0 Å². The van der Waals surface area contributed by atoms with Crippen LogP contribution < -0.4 is 0 Å². The Balaban J connectivity index is 2.48. The topological polar surface area (TPSA) is 27.7 Å². The monoisotopic (exact) mass is 174 g/mol. The van der Waals surface area contributed by atoms with E-state index in [9.17, 15) is 0 Å². The zero-order chi connectivity index (χ0) is 9.03. The maximum atomic E-state index is 5.73. The third-order valence-electron chi connectivity index (χ3n) is 2.08. The van der Waals surface area contributed by atoms with Crippen LogP contribution in [-0.4, -0.2) is 32.2 Å². The molecule has 1 rings (SSSR count). The summed E-state index contributed by atoms with van der Waals surface area (Å²) < 4.78 is 16.4. The molecule has 1 aliphatic heterocycles. The first-order chi connectivity index (χ1) is 5.68. The Labute approximate surface area is 74.0 Å². The van der Waals surface area contributed by atoms with Crippen LogP contribution in [0, 0.1) is 0 Å². The Morgan fingerprint density at radius 1 is 1.25 bits per heavy atom. The molecule has 0 aromatic carbocycles. The second-order valence-electron chi connectivity index (χ2n) is 3.39. The normalized spacial score (nSPS) is 23.0. The highest BCUT2D eigenvalue weighted by atomic mass is 16.7. The van der Waals surface area contributed by atoms with E-state index < -0.39 is 0 Å². The van der Waals surface area contributed by atoms with E-state index in [-0.39, 0.29) is 11.9 Å². The van der Waals surface area contributed by atoms with Gasteiger partial charge in [0.15, 0.2) is 5.79 Å². The molecule has 0 radical (unpaired) electrons. The van der Waals surface area contributed by atoms with Crippen LogP contribution in [-0.2, 0) is 14.2 Å². The van der Waals surface area contributed by atoms with Gasteiger partial charge in [0, 0.05) is 20.0 Å². The maximum absolute atomic E-state index is 5.73. The highest BCUT2D eigenvalue weighted by molar-refractivity contribution is 4.73. The number of hydrogen-bond acceptors (Lipinski definition) is 3. The standard InChI is InChI=1S/C9H18O3/c1-8(2)12-9(10-3)4-6-11-7-5-9/h8H,4-7H2,1-3H3. The summed E-state index contributed by atoms with van der Waals surface area (Å²) in [7, 11) is 1.70. The van der Waals surface area contributed by atoms with E-state index in [4.69, 9.17) is 14.2 Å². The number of hydrogen-bond donors (Lipinski definition) is 0. The number of rotatable bonds is 3. The van der Waals surface area contributed by atoms with Gasteiger partial charge < -0.3 is 14.2 Å². The molecule has 3 heteroatoms. The zero-order valence-electron chi connectivity index (χ0n) is 8.13. The van der Waals surface area contributed by atoms with Gasteiger partial charge in [0.2, 0.25) is 0 Å². The van der Waals surface area contributed by atoms with E-state index in [0.29, 0.717) is 0 Å². The molecule has 1 heterocycles. The Bertz CT molecular complexity index is 128. The molecule has 1 aliphatic rings. The fourth-order valence-corrected chi connectivity index (χ4v) is 1.48. The summed E-state index contributed by atoms with van der Waals surface area (Å²) in [5.74, 6) is -0.383. The first kappa shape index (κ1) is 9.96. The number of methoxy groups -OCH3 is 1. The third-order valence-corrected chi connectivity index (χ3v) is 2.08. The largest absolute Gasteiger partial charge is 0.381 e. The van der Waals surface area contributed by atoms with Gasteiger partial charge in [-0.25, -0.2) is 0 Å². The highest BCUT2D eigenvalue weighted by Crippen LogP contribution is 2.26. The molecule has 72 valence electrons. The maximum Gasteiger partial charge on any atom is 0.172 e. The highest BCUT2D eigenvalue weighted by Gasteiger charge is 2.34. The van der Waals surface area contributed by atoms with Crippen LogP contribution >= 0.6 is 0 Å². The summed E-state index contributed by atoms with van der Waals surface area (Å²) >= 11 is 0. The molecule has 12 heavy (non-hydrogen) atoms. The number of ether oxygens (including phenoxy) is 3. The molecule has 3 nitrogen and oxygen atoms in total. The van der Waals surface area contributed by atoms with Crippen molar-refractivity contribution in [2.75, 3.05) is 20.3 Å². The average molecular weight is 174 g/mol. The summed E-state index contributed by atoms with van der Waals surface area (Å²) in [6.45, 7) is 5.52. The van der Waals surface area contributed by atoms with Crippen LogP contribution in [0.25, 0.3) is 0 Å². The van der Waals surface area contributed by atoms with Gasteiger partial charge in [-0.2, -0.15) is 0 Å². The predicted molar refractivity (Wildman–Crippen MR) is 46.0 cm³/mol. The first-order valence-corrected chi connectivity index (χ1v) is 4.49. The van der Waals surface area contributed by atoms with E-state index >= 15 is 0 Å². The van der Waals surface area contributed by atoms with E-state index in [1.165, 1.54) is 0 Å². The molecule has 0 atom stereocenters. The summed E-state index contributed by atoms with van der Waals surface area (Å²) in [4.78, 5) is 0. The van der Waals surface area contributed by atoms with Gasteiger partial charge >= 0.3 is 0 Å². The Morgan fingerprint density at radius 2 is 1.83 bits per heavy atom. The molecule has 0 N–H and O–H groups in total. The average Bonchev–Trinajstić information content (AvgIpc) is 2.05. The fraction of sp³-hybridized carbons (Fsp3) is 1.00. The molecule has 0 spiro atoms. The van der Waals surface area contributed by atoms with Crippen molar-refractivity contribution in [2.24, 2.45) is 0 Å². The lowest BCUT2D eigenvalue weighted by Crippen LogP contribution is -2.42. The molecule has 0 bridgehead atoms. The second-order valence-corrected chi connectivity index (χ2v) is 3.39. The van der Waals surface area contributed by atoms with Crippen molar-refractivity contribution >= 4 is 0 Å². The minimum atomic E-state index is -0.383. The minimum Gasteiger partial charge on any atom is -0.381 e. The van der Waals surface area contributed by atoms with Gasteiger partial charge in [0.05, 0.1) is 19.3 Å². The molecular formula is C9H18O3. The first-order valence-electron chi connectivity index (χ1n) is 4.49. The zero-order valence-corrected chi connectivity index (χ0v) is 8.13. The molecule has 0 aromatic rings. The van der Waals surface area contributed by atoms with Crippen LogP contribution in [0.5, 0.6) is 0 Å². The summed E-state index contributed by atoms with van der Waals surface area (Å²) in [6, 6.07) is 0. The second kappa shape index (κ2) is 4.21. The van der Waals surface area contributed by atoms with Gasteiger partial charge in [0.25, 0.3) is 0 Å². The SMILES string of the molecule is COC1(OC(C)C)CCOCC1. The van der Waals surface area contributed by atoms with Crippen LogP contribution in [0.2, 0.25) is 0 Å². The lowest BCUT2D eigenvalue weighted by atomic mass is 10.1. The van der Waals surface area contributed by atoms with Crippen molar-refractivity contribution in [2.45, 2.75) is 38.6 Å². The minimum absolute atomic E-state index is 0.211. The van der Waals surface area contributed by atoms with E-state index in [1.54, 1.807) is 7.11 Å². The predicted octanol–water partition coefficient (Wildman–Crippen LogP) is 1.56. The third kappa shape index (κ3) is 2.44. The fourth-order valence-electron chi connectivity index (χ4n) is 1.48. The lowest BCUT2D eigenvalue weighted by Gasteiger charge is -2.37. The van der Waals surface area contributed by atoms with E-state index in [1.807, 2.05) is 13.8 Å². The smallest absolute Gasteiger partial charge is 0.172 e. The Kier molecular flexibility index (Phi) is 3.50. The summed E-state index contributed by atoms with van der Waals surface area (Å²) in [5.41, 5.74) is 0. The van der Waals surface area contributed by atoms with Crippen LogP contribution in [0.4, 0.5) is 0 Å².